The maximum Gasteiger partial charge on any atom is 0.227 e. The smallest absolute Gasteiger partial charge is 0.227 e. The van der Waals surface area contributed by atoms with Crippen LogP contribution in [0.4, 0.5) is 5.69 Å². The van der Waals surface area contributed by atoms with E-state index in [1.165, 1.54) is 43.4 Å². The van der Waals surface area contributed by atoms with Crippen LogP contribution in [0.1, 0.15) is 51.4 Å². The first-order chi connectivity index (χ1) is 9.83. The minimum absolute atomic E-state index is 0.224. The number of nitrogens with one attached hydrogen (secondary N) is 1. The second-order valence-corrected chi connectivity index (χ2v) is 7.33. The number of benzene rings is 1. The molecule has 0 radical (unpaired) electrons. The molecule has 20 heavy (non-hydrogen) atoms. The lowest BCUT2D eigenvalue weighted by Gasteiger charge is -2.16. The summed E-state index contributed by atoms with van der Waals surface area (Å²) in [6.45, 7) is 0. The zero-order valence-electron chi connectivity index (χ0n) is 11.9. The molecule has 0 aromatic heterocycles. The van der Waals surface area contributed by atoms with Crippen LogP contribution in [-0.2, 0) is 4.79 Å². The van der Waals surface area contributed by atoms with Gasteiger partial charge in [-0.25, -0.2) is 0 Å². The van der Waals surface area contributed by atoms with Crippen LogP contribution in [0.15, 0.2) is 29.2 Å². The first-order valence-corrected chi connectivity index (χ1v) is 8.77. The Kier molecular flexibility index (Phi) is 4.66. The Morgan fingerprint density at radius 3 is 2.40 bits per heavy atom. The molecule has 0 atom stereocenters. The molecule has 2 saturated carbocycles. The summed E-state index contributed by atoms with van der Waals surface area (Å²) in [5.74, 6) is 0.460. The molecule has 2 fully saturated rings. The molecule has 3 rings (SSSR count). The van der Waals surface area contributed by atoms with Crippen molar-refractivity contribution < 1.29 is 4.79 Å². The number of hydrogen-bond acceptors (Lipinski definition) is 2. The van der Waals surface area contributed by atoms with E-state index in [-0.39, 0.29) is 11.8 Å². The largest absolute Gasteiger partial charge is 0.325 e. The Morgan fingerprint density at radius 1 is 1.00 bits per heavy atom. The molecule has 1 amide bonds. The second kappa shape index (κ2) is 6.66. The number of hydrogen-bond donors (Lipinski definition) is 1. The topological polar surface area (TPSA) is 29.1 Å². The van der Waals surface area contributed by atoms with Crippen molar-refractivity contribution in [3.05, 3.63) is 24.3 Å². The van der Waals surface area contributed by atoms with Crippen molar-refractivity contribution in [2.24, 2.45) is 5.92 Å². The quantitative estimate of drug-likeness (QED) is 0.858. The van der Waals surface area contributed by atoms with E-state index in [1.807, 2.05) is 23.9 Å². The summed E-state index contributed by atoms with van der Waals surface area (Å²) in [7, 11) is 0. The molecule has 1 aromatic carbocycles. The van der Waals surface area contributed by atoms with Crippen molar-refractivity contribution in [1.29, 1.82) is 0 Å². The minimum Gasteiger partial charge on any atom is -0.325 e. The van der Waals surface area contributed by atoms with Gasteiger partial charge in [0.2, 0.25) is 5.91 Å². The maximum absolute atomic E-state index is 12.3. The number of anilines is 1. The van der Waals surface area contributed by atoms with Crippen LogP contribution in [0.2, 0.25) is 0 Å². The van der Waals surface area contributed by atoms with E-state index >= 15 is 0 Å². The molecule has 0 saturated heterocycles. The first kappa shape index (κ1) is 14.0. The van der Waals surface area contributed by atoms with Gasteiger partial charge in [-0.05, 0) is 37.8 Å². The number of carbonyl (C=O) groups excluding carboxylic acids is 1. The fourth-order valence-electron chi connectivity index (χ4n) is 3.28. The minimum atomic E-state index is 0.224. The van der Waals surface area contributed by atoms with Crippen molar-refractivity contribution in [2.75, 3.05) is 5.32 Å². The summed E-state index contributed by atoms with van der Waals surface area (Å²) >= 11 is 1.95. The summed E-state index contributed by atoms with van der Waals surface area (Å²) in [4.78, 5) is 13.5. The van der Waals surface area contributed by atoms with Gasteiger partial charge >= 0.3 is 0 Å². The Hall–Kier alpha value is -0.960. The van der Waals surface area contributed by atoms with Crippen molar-refractivity contribution >= 4 is 23.4 Å². The van der Waals surface area contributed by atoms with Crippen molar-refractivity contribution in [3.63, 3.8) is 0 Å². The van der Waals surface area contributed by atoms with E-state index in [1.54, 1.807) is 0 Å². The van der Waals surface area contributed by atoms with Gasteiger partial charge in [0.1, 0.15) is 0 Å². The third-order valence-electron chi connectivity index (χ3n) is 4.47. The van der Waals surface area contributed by atoms with Crippen LogP contribution in [0.25, 0.3) is 0 Å². The fraction of sp³-hybridized carbons (Fsp3) is 0.588. The highest BCUT2D eigenvalue weighted by atomic mass is 32.2. The fourth-order valence-corrected chi connectivity index (χ4v) is 4.61. The molecule has 0 unspecified atom stereocenters. The van der Waals surface area contributed by atoms with E-state index in [4.69, 9.17) is 0 Å². The number of amides is 1. The standard InChI is InChI=1S/C17H23NOS/c19-17(13-7-1-2-8-13)18-15-11-5-6-12-16(15)20-14-9-3-4-10-14/h5-6,11-14H,1-4,7-10H2,(H,18,19). The summed E-state index contributed by atoms with van der Waals surface area (Å²) < 4.78 is 0. The van der Waals surface area contributed by atoms with Gasteiger partial charge in [0, 0.05) is 16.1 Å². The van der Waals surface area contributed by atoms with Gasteiger partial charge in [0.25, 0.3) is 0 Å². The summed E-state index contributed by atoms with van der Waals surface area (Å²) in [6.07, 6.45) is 9.87. The third-order valence-corrected chi connectivity index (χ3v) is 5.88. The lowest BCUT2D eigenvalue weighted by molar-refractivity contribution is -0.119. The SMILES string of the molecule is O=C(Nc1ccccc1SC1CCCC1)C1CCCC1. The average Bonchev–Trinajstić information content (AvgIpc) is 3.13. The number of rotatable bonds is 4. The maximum atomic E-state index is 12.3. The predicted molar refractivity (Wildman–Crippen MR) is 85.1 cm³/mol. The van der Waals surface area contributed by atoms with Crippen LogP contribution >= 0.6 is 11.8 Å². The molecule has 2 aliphatic carbocycles. The van der Waals surface area contributed by atoms with Gasteiger partial charge in [-0.1, -0.05) is 37.8 Å². The molecule has 1 aromatic rings. The van der Waals surface area contributed by atoms with Crippen LogP contribution in [0, 0.1) is 5.92 Å². The van der Waals surface area contributed by atoms with Crippen molar-refractivity contribution in [2.45, 2.75) is 61.5 Å². The number of para-hydroxylation sites is 1. The van der Waals surface area contributed by atoms with Crippen LogP contribution < -0.4 is 5.32 Å². The molecule has 1 N–H and O–H groups in total. The second-order valence-electron chi connectivity index (χ2n) is 5.99. The molecule has 0 bridgehead atoms. The molecule has 3 heteroatoms. The lowest BCUT2D eigenvalue weighted by atomic mass is 10.1. The Balaban J connectivity index is 1.66. The Morgan fingerprint density at radius 2 is 1.65 bits per heavy atom. The predicted octanol–water partition coefficient (Wildman–Crippen LogP) is 4.85. The highest BCUT2D eigenvalue weighted by Gasteiger charge is 2.24. The van der Waals surface area contributed by atoms with Gasteiger partial charge in [0.15, 0.2) is 0 Å². The zero-order valence-corrected chi connectivity index (χ0v) is 12.8. The molecule has 0 heterocycles. The molecule has 2 aliphatic rings. The van der Waals surface area contributed by atoms with E-state index in [9.17, 15) is 4.79 Å². The normalized spacial score (nSPS) is 20.4. The monoisotopic (exact) mass is 289 g/mol. The molecule has 0 aliphatic heterocycles. The highest BCUT2D eigenvalue weighted by molar-refractivity contribution is 8.00. The zero-order chi connectivity index (χ0) is 13.8. The molecular weight excluding hydrogens is 266 g/mol. The summed E-state index contributed by atoms with van der Waals surface area (Å²) in [5, 5.41) is 3.90. The molecule has 2 nitrogen and oxygen atoms in total. The first-order valence-electron chi connectivity index (χ1n) is 7.89. The van der Waals surface area contributed by atoms with Crippen molar-refractivity contribution in [3.8, 4) is 0 Å². The van der Waals surface area contributed by atoms with Gasteiger partial charge < -0.3 is 5.32 Å². The molecular formula is C17H23NOS. The summed E-state index contributed by atoms with van der Waals surface area (Å²) in [5.41, 5.74) is 1.02. The average molecular weight is 289 g/mol. The van der Waals surface area contributed by atoms with Gasteiger partial charge in [-0.15, -0.1) is 11.8 Å². The Labute approximate surface area is 125 Å². The number of thioether (sulfide) groups is 1. The van der Waals surface area contributed by atoms with Gasteiger partial charge in [-0.2, -0.15) is 0 Å². The highest BCUT2D eigenvalue weighted by Crippen LogP contribution is 2.38. The Bertz CT molecular complexity index is 462. The lowest BCUT2D eigenvalue weighted by Crippen LogP contribution is -2.20. The van der Waals surface area contributed by atoms with Crippen LogP contribution in [0.3, 0.4) is 0 Å². The number of carbonyl (C=O) groups is 1. The van der Waals surface area contributed by atoms with Crippen molar-refractivity contribution in [1.82, 2.24) is 0 Å². The summed E-state index contributed by atoms with van der Waals surface area (Å²) in [6, 6.07) is 8.28. The van der Waals surface area contributed by atoms with Gasteiger partial charge in [-0.3, -0.25) is 4.79 Å². The molecule has 108 valence electrons. The van der Waals surface area contributed by atoms with Gasteiger partial charge in [0.05, 0.1) is 5.69 Å². The van der Waals surface area contributed by atoms with E-state index in [0.717, 1.165) is 23.8 Å². The van der Waals surface area contributed by atoms with Crippen LogP contribution in [-0.4, -0.2) is 11.2 Å². The van der Waals surface area contributed by atoms with E-state index in [2.05, 4.69) is 17.4 Å². The third kappa shape index (κ3) is 3.38. The molecule has 0 spiro atoms. The van der Waals surface area contributed by atoms with E-state index in [0.29, 0.717) is 0 Å². The van der Waals surface area contributed by atoms with E-state index < -0.39 is 0 Å². The van der Waals surface area contributed by atoms with Crippen LogP contribution in [0.5, 0.6) is 0 Å².